The molecule has 19 heavy (non-hydrogen) atoms. The molecule has 1 heterocycles. The number of hydrogen-bond donors (Lipinski definition) is 1. The van der Waals surface area contributed by atoms with Crippen molar-refractivity contribution in [2.24, 2.45) is 0 Å². The normalized spacial score (nSPS) is 18.1. The Balaban J connectivity index is 1.69. The highest BCUT2D eigenvalue weighted by molar-refractivity contribution is 5.46. The Bertz CT molecular complexity index is 381. The molecule has 1 fully saturated rings. The van der Waals surface area contributed by atoms with Crippen molar-refractivity contribution in [1.29, 1.82) is 0 Å². The number of para-hydroxylation sites is 1. The second kappa shape index (κ2) is 6.92. The Labute approximate surface area is 117 Å². The van der Waals surface area contributed by atoms with Gasteiger partial charge in [0.05, 0.1) is 0 Å². The molecular weight excluding hydrogens is 234 g/mol. The summed E-state index contributed by atoms with van der Waals surface area (Å²) in [4.78, 5) is 5.14. The van der Waals surface area contributed by atoms with Crippen LogP contribution in [0.3, 0.4) is 0 Å². The molecule has 2 rings (SSSR count). The van der Waals surface area contributed by atoms with E-state index in [4.69, 9.17) is 5.73 Å². The molecule has 1 aliphatic rings. The second-order valence-electron chi connectivity index (χ2n) is 5.77. The number of anilines is 1. The van der Waals surface area contributed by atoms with E-state index in [-0.39, 0.29) is 0 Å². The number of hydrogen-bond acceptors (Lipinski definition) is 3. The van der Waals surface area contributed by atoms with Crippen LogP contribution in [0.2, 0.25) is 0 Å². The van der Waals surface area contributed by atoms with Gasteiger partial charge in [0.2, 0.25) is 0 Å². The van der Waals surface area contributed by atoms with Crippen LogP contribution in [0.5, 0.6) is 0 Å². The maximum Gasteiger partial charge on any atom is 0.0346 e. The fourth-order valence-corrected chi connectivity index (χ4v) is 2.76. The predicted octanol–water partition coefficient (Wildman–Crippen LogP) is 2.23. The minimum absolute atomic E-state index is 0.686. The monoisotopic (exact) mass is 261 g/mol. The highest BCUT2D eigenvalue weighted by Crippen LogP contribution is 2.13. The first kappa shape index (κ1) is 14.4. The van der Waals surface area contributed by atoms with E-state index in [2.05, 4.69) is 35.8 Å². The molecule has 3 heteroatoms. The standard InChI is InChI=1S/C16H27N3/c1-14(2)19-12-10-18(11-13-19)9-5-7-15-6-3-4-8-16(15)17/h3-4,6,8,14H,5,7,9-13,17H2,1-2H3. The lowest BCUT2D eigenvalue weighted by Gasteiger charge is -2.36. The van der Waals surface area contributed by atoms with Gasteiger partial charge in [-0.3, -0.25) is 4.90 Å². The van der Waals surface area contributed by atoms with E-state index < -0.39 is 0 Å². The Morgan fingerprint density at radius 3 is 2.42 bits per heavy atom. The van der Waals surface area contributed by atoms with Crippen LogP contribution in [0, 0.1) is 0 Å². The Morgan fingerprint density at radius 1 is 1.11 bits per heavy atom. The van der Waals surface area contributed by atoms with Crippen LogP contribution in [0.4, 0.5) is 5.69 Å². The summed E-state index contributed by atoms with van der Waals surface area (Å²) in [6, 6.07) is 8.91. The summed E-state index contributed by atoms with van der Waals surface area (Å²) in [7, 11) is 0. The van der Waals surface area contributed by atoms with Gasteiger partial charge in [0.1, 0.15) is 0 Å². The maximum absolute atomic E-state index is 5.97. The maximum atomic E-state index is 5.97. The van der Waals surface area contributed by atoms with Gasteiger partial charge >= 0.3 is 0 Å². The van der Waals surface area contributed by atoms with Crippen molar-refractivity contribution in [3.63, 3.8) is 0 Å². The van der Waals surface area contributed by atoms with Crippen molar-refractivity contribution in [2.45, 2.75) is 32.7 Å². The van der Waals surface area contributed by atoms with Crippen LogP contribution < -0.4 is 5.73 Å². The van der Waals surface area contributed by atoms with Crippen LogP contribution in [0.25, 0.3) is 0 Å². The second-order valence-corrected chi connectivity index (χ2v) is 5.77. The third kappa shape index (κ3) is 4.22. The van der Waals surface area contributed by atoms with Gasteiger partial charge in [-0.15, -0.1) is 0 Å². The van der Waals surface area contributed by atoms with Gasteiger partial charge in [-0.1, -0.05) is 18.2 Å². The Morgan fingerprint density at radius 2 is 1.79 bits per heavy atom. The number of nitrogen functional groups attached to an aromatic ring is 1. The lowest BCUT2D eigenvalue weighted by Crippen LogP contribution is -2.48. The number of benzene rings is 1. The number of piperazine rings is 1. The summed E-state index contributed by atoms with van der Waals surface area (Å²) in [6.45, 7) is 10.6. The van der Waals surface area contributed by atoms with Gasteiger partial charge in [0.15, 0.2) is 0 Å². The minimum Gasteiger partial charge on any atom is -0.399 e. The Hall–Kier alpha value is -1.06. The molecule has 0 radical (unpaired) electrons. The van der Waals surface area contributed by atoms with Crippen molar-refractivity contribution >= 4 is 5.69 Å². The molecule has 1 saturated heterocycles. The number of rotatable bonds is 5. The smallest absolute Gasteiger partial charge is 0.0346 e. The van der Waals surface area contributed by atoms with E-state index in [0.717, 1.165) is 12.1 Å². The summed E-state index contributed by atoms with van der Waals surface area (Å²) in [5, 5.41) is 0. The molecular formula is C16H27N3. The van der Waals surface area contributed by atoms with Crippen molar-refractivity contribution in [3.05, 3.63) is 29.8 Å². The molecule has 0 saturated carbocycles. The number of aryl methyl sites for hydroxylation is 1. The quantitative estimate of drug-likeness (QED) is 0.825. The first-order chi connectivity index (χ1) is 9.16. The van der Waals surface area contributed by atoms with E-state index in [0.29, 0.717) is 6.04 Å². The molecule has 1 aromatic rings. The summed E-state index contributed by atoms with van der Waals surface area (Å²) >= 11 is 0. The number of nitrogens with two attached hydrogens (primary N) is 1. The number of nitrogens with zero attached hydrogens (tertiary/aromatic N) is 2. The van der Waals surface area contributed by atoms with Crippen LogP contribution in [0.15, 0.2) is 24.3 Å². The van der Waals surface area contributed by atoms with Crippen LogP contribution in [-0.4, -0.2) is 48.6 Å². The van der Waals surface area contributed by atoms with Gasteiger partial charge in [-0.25, -0.2) is 0 Å². The molecule has 0 atom stereocenters. The van der Waals surface area contributed by atoms with Crippen molar-refractivity contribution < 1.29 is 0 Å². The van der Waals surface area contributed by atoms with Crippen LogP contribution >= 0.6 is 0 Å². The average Bonchev–Trinajstić information content (AvgIpc) is 2.41. The molecule has 3 nitrogen and oxygen atoms in total. The van der Waals surface area contributed by atoms with Crippen molar-refractivity contribution in [3.8, 4) is 0 Å². The molecule has 1 aliphatic heterocycles. The third-order valence-electron chi connectivity index (χ3n) is 4.11. The molecule has 0 amide bonds. The van der Waals surface area contributed by atoms with Crippen LogP contribution in [-0.2, 0) is 6.42 Å². The Kier molecular flexibility index (Phi) is 5.23. The van der Waals surface area contributed by atoms with Gasteiger partial charge in [0, 0.05) is 37.9 Å². The highest BCUT2D eigenvalue weighted by Gasteiger charge is 2.18. The van der Waals surface area contributed by atoms with E-state index >= 15 is 0 Å². The molecule has 106 valence electrons. The summed E-state index contributed by atoms with van der Waals surface area (Å²) < 4.78 is 0. The fraction of sp³-hybridized carbons (Fsp3) is 0.625. The van der Waals surface area contributed by atoms with Gasteiger partial charge < -0.3 is 10.6 Å². The fourth-order valence-electron chi connectivity index (χ4n) is 2.76. The third-order valence-corrected chi connectivity index (χ3v) is 4.11. The summed E-state index contributed by atoms with van der Waals surface area (Å²) in [5.41, 5.74) is 8.20. The van der Waals surface area contributed by atoms with Crippen molar-refractivity contribution in [2.75, 3.05) is 38.5 Å². The van der Waals surface area contributed by atoms with E-state index in [1.807, 2.05) is 12.1 Å². The van der Waals surface area contributed by atoms with Gasteiger partial charge in [-0.05, 0) is 44.9 Å². The lowest BCUT2D eigenvalue weighted by atomic mass is 10.1. The zero-order chi connectivity index (χ0) is 13.7. The van der Waals surface area contributed by atoms with Gasteiger partial charge in [-0.2, -0.15) is 0 Å². The van der Waals surface area contributed by atoms with Gasteiger partial charge in [0.25, 0.3) is 0 Å². The minimum atomic E-state index is 0.686. The molecule has 0 unspecified atom stereocenters. The average molecular weight is 261 g/mol. The van der Waals surface area contributed by atoms with Crippen molar-refractivity contribution in [1.82, 2.24) is 9.80 Å². The lowest BCUT2D eigenvalue weighted by molar-refractivity contribution is 0.108. The van der Waals surface area contributed by atoms with E-state index in [1.54, 1.807) is 0 Å². The molecule has 0 bridgehead atoms. The highest BCUT2D eigenvalue weighted by atomic mass is 15.3. The molecule has 1 aromatic carbocycles. The topological polar surface area (TPSA) is 32.5 Å². The zero-order valence-electron chi connectivity index (χ0n) is 12.3. The molecule has 2 N–H and O–H groups in total. The van der Waals surface area contributed by atoms with E-state index in [1.165, 1.54) is 44.7 Å². The first-order valence-corrected chi connectivity index (χ1v) is 7.46. The molecule has 0 aromatic heterocycles. The van der Waals surface area contributed by atoms with E-state index in [9.17, 15) is 0 Å². The first-order valence-electron chi connectivity index (χ1n) is 7.46. The molecule has 0 aliphatic carbocycles. The molecule has 0 spiro atoms. The summed E-state index contributed by atoms with van der Waals surface area (Å²) in [6.07, 6.45) is 2.30. The largest absolute Gasteiger partial charge is 0.399 e. The zero-order valence-corrected chi connectivity index (χ0v) is 12.3. The SMILES string of the molecule is CC(C)N1CCN(CCCc2ccccc2N)CC1. The van der Waals surface area contributed by atoms with Crippen LogP contribution in [0.1, 0.15) is 25.8 Å². The summed E-state index contributed by atoms with van der Waals surface area (Å²) in [5.74, 6) is 0. The predicted molar refractivity (Wildman–Crippen MR) is 82.3 cm³/mol.